The fourth-order valence-electron chi connectivity index (χ4n) is 2.00. The van der Waals surface area contributed by atoms with Crippen molar-refractivity contribution in [3.05, 3.63) is 0 Å². The van der Waals surface area contributed by atoms with Crippen LogP contribution in [0.1, 0.15) is 40.0 Å². The Morgan fingerprint density at radius 1 is 1.29 bits per heavy atom. The van der Waals surface area contributed by atoms with Gasteiger partial charge in [0, 0.05) is 11.6 Å². The normalized spacial score (nSPS) is 29.4. The molecule has 0 aromatic carbocycles. The molecule has 1 saturated carbocycles. The molecule has 2 N–H and O–H groups in total. The van der Waals surface area contributed by atoms with Crippen molar-refractivity contribution in [2.75, 3.05) is 0 Å². The summed E-state index contributed by atoms with van der Waals surface area (Å²) in [7, 11) is -3.89. The van der Waals surface area contributed by atoms with Gasteiger partial charge in [0.1, 0.15) is 5.25 Å². The fourth-order valence-corrected chi connectivity index (χ4v) is 3.09. The molecule has 0 spiro atoms. The molecule has 84 valence electrons. The average molecular weight is 221 g/mol. The van der Waals surface area contributed by atoms with Gasteiger partial charge in [-0.1, -0.05) is 6.42 Å². The van der Waals surface area contributed by atoms with Gasteiger partial charge in [-0.25, -0.2) is 0 Å². The second-order valence-electron chi connectivity index (χ2n) is 4.99. The SMILES string of the molecule is CC(C)(C)NC1CCCC1S(=O)(=O)O. The number of rotatable bonds is 2. The average Bonchev–Trinajstić information content (AvgIpc) is 2.29. The standard InChI is InChI=1S/C9H19NO3S/c1-9(2,3)10-7-5-4-6-8(7)14(11,12)13/h7-8,10H,4-6H2,1-3H3,(H,11,12,13). The van der Waals surface area contributed by atoms with Gasteiger partial charge in [-0.05, 0) is 33.6 Å². The molecule has 5 heteroatoms. The van der Waals surface area contributed by atoms with Crippen molar-refractivity contribution in [1.82, 2.24) is 5.32 Å². The van der Waals surface area contributed by atoms with E-state index in [0.717, 1.165) is 12.8 Å². The third-order valence-electron chi connectivity index (χ3n) is 2.45. The van der Waals surface area contributed by atoms with E-state index in [4.69, 9.17) is 4.55 Å². The monoisotopic (exact) mass is 221 g/mol. The molecule has 0 aromatic rings. The Labute approximate surface area is 85.8 Å². The highest BCUT2D eigenvalue weighted by atomic mass is 32.2. The minimum Gasteiger partial charge on any atom is -0.308 e. The summed E-state index contributed by atoms with van der Waals surface area (Å²) in [6, 6.07) is -0.106. The van der Waals surface area contributed by atoms with Crippen LogP contribution in [-0.2, 0) is 10.1 Å². The topological polar surface area (TPSA) is 66.4 Å². The lowest BCUT2D eigenvalue weighted by molar-refractivity contribution is 0.353. The summed E-state index contributed by atoms with van der Waals surface area (Å²) in [6.45, 7) is 5.98. The van der Waals surface area contributed by atoms with Gasteiger partial charge in [-0.15, -0.1) is 0 Å². The number of hydrogen-bond donors (Lipinski definition) is 2. The van der Waals surface area contributed by atoms with Crippen molar-refractivity contribution in [2.24, 2.45) is 0 Å². The lowest BCUT2D eigenvalue weighted by Gasteiger charge is -2.28. The van der Waals surface area contributed by atoms with Gasteiger partial charge in [-0.3, -0.25) is 4.55 Å². The van der Waals surface area contributed by atoms with E-state index < -0.39 is 15.4 Å². The van der Waals surface area contributed by atoms with Crippen molar-refractivity contribution in [1.29, 1.82) is 0 Å². The summed E-state index contributed by atoms with van der Waals surface area (Å²) in [5.74, 6) is 0. The first-order valence-corrected chi connectivity index (χ1v) is 6.44. The summed E-state index contributed by atoms with van der Waals surface area (Å²) in [5, 5.41) is 2.61. The van der Waals surface area contributed by atoms with Crippen LogP contribution in [0.15, 0.2) is 0 Å². The second kappa shape index (κ2) is 3.79. The Hall–Kier alpha value is -0.130. The molecule has 14 heavy (non-hydrogen) atoms. The van der Waals surface area contributed by atoms with E-state index in [1.807, 2.05) is 20.8 Å². The largest absolute Gasteiger partial charge is 0.308 e. The van der Waals surface area contributed by atoms with Gasteiger partial charge < -0.3 is 5.32 Å². The van der Waals surface area contributed by atoms with Crippen LogP contribution in [-0.4, -0.2) is 29.8 Å². The molecule has 0 bridgehead atoms. The van der Waals surface area contributed by atoms with Crippen molar-refractivity contribution < 1.29 is 13.0 Å². The lowest BCUT2D eigenvalue weighted by Crippen LogP contribution is -2.49. The number of nitrogens with one attached hydrogen (secondary N) is 1. The molecular weight excluding hydrogens is 202 g/mol. The first-order chi connectivity index (χ1) is 6.20. The minimum absolute atomic E-state index is 0.106. The Morgan fingerprint density at radius 2 is 1.86 bits per heavy atom. The molecule has 0 heterocycles. The highest BCUT2D eigenvalue weighted by Gasteiger charge is 2.37. The molecule has 0 aliphatic heterocycles. The van der Waals surface area contributed by atoms with Crippen LogP contribution < -0.4 is 5.32 Å². The third-order valence-corrected chi connectivity index (χ3v) is 3.78. The van der Waals surface area contributed by atoms with Crippen LogP contribution >= 0.6 is 0 Å². The number of hydrogen-bond acceptors (Lipinski definition) is 3. The predicted octanol–water partition coefficient (Wildman–Crippen LogP) is 1.18. The lowest BCUT2D eigenvalue weighted by atomic mass is 10.1. The molecule has 2 atom stereocenters. The van der Waals surface area contributed by atoms with Gasteiger partial charge in [0.2, 0.25) is 0 Å². The second-order valence-corrected chi connectivity index (χ2v) is 6.62. The van der Waals surface area contributed by atoms with Gasteiger partial charge in [0.25, 0.3) is 10.1 Å². The zero-order chi connectivity index (χ0) is 11.0. The summed E-state index contributed by atoms with van der Waals surface area (Å²) in [4.78, 5) is 0. The van der Waals surface area contributed by atoms with Gasteiger partial charge >= 0.3 is 0 Å². The molecule has 0 aromatic heterocycles. The Morgan fingerprint density at radius 3 is 2.29 bits per heavy atom. The smallest absolute Gasteiger partial charge is 0.269 e. The van der Waals surface area contributed by atoms with Crippen molar-refractivity contribution in [2.45, 2.75) is 56.9 Å². The first kappa shape index (κ1) is 11.9. The predicted molar refractivity (Wildman–Crippen MR) is 55.9 cm³/mol. The maximum atomic E-state index is 11.0. The van der Waals surface area contributed by atoms with Crippen molar-refractivity contribution >= 4 is 10.1 Å². The highest BCUT2D eigenvalue weighted by Crippen LogP contribution is 2.26. The van der Waals surface area contributed by atoms with Crippen LogP contribution in [0.2, 0.25) is 0 Å². The van der Waals surface area contributed by atoms with E-state index in [9.17, 15) is 8.42 Å². The Kier molecular flexibility index (Phi) is 3.23. The molecular formula is C9H19NO3S. The maximum Gasteiger partial charge on any atom is 0.269 e. The summed E-state index contributed by atoms with van der Waals surface area (Å²) >= 11 is 0. The molecule has 0 saturated heterocycles. The molecule has 0 amide bonds. The quantitative estimate of drug-likeness (QED) is 0.687. The van der Waals surface area contributed by atoms with Gasteiger partial charge in [-0.2, -0.15) is 8.42 Å². The maximum absolute atomic E-state index is 11.0. The van der Waals surface area contributed by atoms with E-state index in [1.54, 1.807) is 0 Å². The Bertz CT molecular complexity index is 292. The van der Waals surface area contributed by atoms with Crippen LogP contribution in [0.5, 0.6) is 0 Å². The van der Waals surface area contributed by atoms with E-state index in [2.05, 4.69) is 5.32 Å². The third kappa shape index (κ3) is 3.22. The van der Waals surface area contributed by atoms with Crippen molar-refractivity contribution in [3.63, 3.8) is 0 Å². The van der Waals surface area contributed by atoms with Gasteiger partial charge in [0.05, 0.1) is 0 Å². The highest BCUT2D eigenvalue weighted by molar-refractivity contribution is 7.86. The summed E-state index contributed by atoms with van der Waals surface area (Å²) in [5.41, 5.74) is -0.113. The molecule has 1 aliphatic carbocycles. The van der Waals surface area contributed by atoms with Crippen LogP contribution in [0.4, 0.5) is 0 Å². The summed E-state index contributed by atoms with van der Waals surface area (Å²) < 4.78 is 31.1. The van der Waals surface area contributed by atoms with E-state index in [-0.39, 0.29) is 11.6 Å². The zero-order valence-corrected chi connectivity index (χ0v) is 9.76. The van der Waals surface area contributed by atoms with E-state index in [1.165, 1.54) is 0 Å². The first-order valence-electron chi connectivity index (χ1n) is 4.94. The molecule has 2 unspecified atom stereocenters. The van der Waals surface area contributed by atoms with Crippen LogP contribution in [0, 0.1) is 0 Å². The molecule has 1 fully saturated rings. The van der Waals surface area contributed by atoms with Crippen LogP contribution in [0.3, 0.4) is 0 Å². The van der Waals surface area contributed by atoms with E-state index in [0.29, 0.717) is 6.42 Å². The van der Waals surface area contributed by atoms with Gasteiger partial charge in [0.15, 0.2) is 0 Å². The van der Waals surface area contributed by atoms with E-state index >= 15 is 0 Å². The Balaban J connectivity index is 2.71. The molecule has 1 rings (SSSR count). The van der Waals surface area contributed by atoms with Crippen molar-refractivity contribution in [3.8, 4) is 0 Å². The summed E-state index contributed by atoms with van der Waals surface area (Å²) in [6.07, 6.45) is 2.24. The zero-order valence-electron chi connectivity index (χ0n) is 8.95. The molecule has 4 nitrogen and oxygen atoms in total. The van der Waals surface area contributed by atoms with Crippen LogP contribution in [0.25, 0.3) is 0 Å². The fraction of sp³-hybridized carbons (Fsp3) is 1.00. The minimum atomic E-state index is -3.89. The molecule has 0 radical (unpaired) electrons. The molecule has 1 aliphatic rings.